The molecule has 1 amide bonds. The van der Waals surface area contributed by atoms with Crippen molar-refractivity contribution in [3.8, 4) is 11.8 Å². The summed E-state index contributed by atoms with van der Waals surface area (Å²) in [5.74, 6) is 0.718. The summed E-state index contributed by atoms with van der Waals surface area (Å²) >= 11 is 0. The van der Waals surface area contributed by atoms with Gasteiger partial charge >= 0.3 is 0 Å². The quantitative estimate of drug-likeness (QED) is 0.874. The molecule has 1 aliphatic rings. The monoisotopic (exact) mass is 307 g/mol. The average molecular weight is 307 g/mol. The number of nitriles is 1. The number of pyridine rings is 1. The van der Waals surface area contributed by atoms with Crippen LogP contribution in [0.2, 0.25) is 0 Å². The molecule has 0 aliphatic carbocycles. The SMILES string of the molecule is N#Cc1cccc(C(=O)N2CCC[C@H](Oc3ccncc3)C2)c1. The van der Waals surface area contributed by atoms with Crippen molar-refractivity contribution in [2.75, 3.05) is 13.1 Å². The maximum absolute atomic E-state index is 12.6. The zero-order valence-electron chi connectivity index (χ0n) is 12.7. The van der Waals surface area contributed by atoms with Crippen molar-refractivity contribution in [2.24, 2.45) is 0 Å². The van der Waals surface area contributed by atoms with Crippen molar-refractivity contribution in [3.63, 3.8) is 0 Å². The largest absolute Gasteiger partial charge is 0.488 e. The van der Waals surface area contributed by atoms with E-state index >= 15 is 0 Å². The first-order valence-corrected chi connectivity index (χ1v) is 7.62. The second-order valence-electron chi connectivity index (χ2n) is 5.51. The summed E-state index contributed by atoms with van der Waals surface area (Å²) in [6, 6.07) is 12.5. The number of ether oxygens (including phenoxy) is 1. The van der Waals surface area contributed by atoms with E-state index in [2.05, 4.69) is 11.1 Å². The maximum Gasteiger partial charge on any atom is 0.254 e. The van der Waals surface area contributed by atoms with Gasteiger partial charge in [-0.25, -0.2) is 0 Å². The van der Waals surface area contributed by atoms with E-state index in [0.29, 0.717) is 24.2 Å². The molecule has 0 saturated carbocycles. The smallest absolute Gasteiger partial charge is 0.254 e. The van der Waals surface area contributed by atoms with Crippen molar-refractivity contribution in [1.29, 1.82) is 5.26 Å². The van der Waals surface area contributed by atoms with Crippen molar-refractivity contribution in [1.82, 2.24) is 9.88 Å². The molecular formula is C18H17N3O2. The molecule has 2 aromatic rings. The standard InChI is InChI=1S/C18H17N3O2/c19-12-14-3-1-4-15(11-14)18(22)21-10-2-5-17(13-21)23-16-6-8-20-9-7-16/h1,3-4,6-9,11,17H,2,5,10,13H2/t17-/m0/s1. The molecule has 1 atom stereocenters. The lowest BCUT2D eigenvalue weighted by Gasteiger charge is -2.33. The first-order valence-electron chi connectivity index (χ1n) is 7.62. The summed E-state index contributed by atoms with van der Waals surface area (Å²) in [5, 5.41) is 8.96. The Balaban J connectivity index is 1.68. The Morgan fingerprint density at radius 1 is 1.30 bits per heavy atom. The highest BCUT2D eigenvalue weighted by Crippen LogP contribution is 2.19. The number of amides is 1. The molecule has 2 heterocycles. The zero-order valence-corrected chi connectivity index (χ0v) is 12.7. The molecule has 0 bridgehead atoms. The van der Waals surface area contributed by atoms with Crippen LogP contribution < -0.4 is 4.74 Å². The highest BCUT2D eigenvalue weighted by Gasteiger charge is 2.25. The van der Waals surface area contributed by atoms with Crippen LogP contribution in [0.15, 0.2) is 48.8 Å². The number of hydrogen-bond donors (Lipinski definition) is 0. The van der Waals surface area contributed by atoms with Crippen LogP contribution in [-0.2, 0) is 0 Å². The van der Waals surface area contributed by atoms with Gasteiger partial charge in [0.2, 0.25) is 0 Å². The van der Waals surface area contributed by atoms with Crippen LogP contribution in [0.1, 0.15) is 28.8 Å². The fourth-order valence-corrected chi connectivity index (χ4v) is 2.73. The second-order valence-corrected chi connectivity index (χ2v) is 5.51. The van der Waals surface area contributed by atoms with Gasteiger partial charge < -0.3 is 9.64 Å². The molecule has 0 spiro atoms. The van der Waals surface area contributed by atoms with E-state index in [9.17, 15) is 4.79 Å². The lowest BCUT2D eigenvalue weighted by molar-refractivity contribution is 0.0537. The summed E-state index contributed by atoms with van der Waals surface area (Å²) in [6.45, 7) is 1.27. The number of hydrogen-bond acceptors (Lipinski definition) is 4. The predicted octanol–water partition coefficient (Wildman–Crippen LogP) is 2.64. The van der Waals surface area contributed by atoms with Crippen LogP contribution in [-0.4, -0.2) is 35.0 Å². The Kier molecular flexibility index (Phi) is 4.53. The Morgan fingerprint density at radius 2 is 2.13 bits per heavy atom. The van der Waals surface area contributed by atoms with Gasteiger partial charge in [-0.2, -0.15) is 5.26 Å². The normalized spacial score (nSPS) is 17.3. The summed E-state index contributed by atoms with van der Waals surface area (Å²) < 4.78 is 5.93. The number of rotatable bonds is 3. The minimum atomic E-state index is -0.0508. The van der Waals surface area contributed by atoms with Gasteiger partial charge in [-0.15, -0.1) is 0 Å². The average Bonchev–Trinajstić information content (AvgIpc) is 2.62. The van der Waals surface area contributed by atoms with Crippen LogP contribution in [0.5, 0.6) is 5.75 Å². The number of likely N-dealkylation sites (tertiary alicyclic amines) is 1. The molecular weight excluding hydrogens is 290 g/mol. The molecule has 23 heavy (non-hydrogen) atoms. The van der Waals surface area contributed by atoms with Crippen LogP contribution in [0, 0.1) is 11.3 Å². The second kappa shape index (κ2) is 6.93. The minimum Gasteiger partial charge on any atom is -0.488 e. The lowest BCUT2D eigenvalue weighted by atomic mass is 10.1. The van der Waals surface area contributed by atoms with E-state index in [1.807, 2.05) is 12.1 Å². The molecule has 1 aromatic carbocycles. The van der Waals surface area contributed by atoms with Crippen molar-refractivity contribution >= 4 is 5.91 Å². The molecule has 0 N–H and O–H groups in total. The van der Waals surface area contributed by atoms with Gasteiger partial charge in [-0.05, 0) is 43.2 Å². The molecule has 5 heteroatoms. The van der Waals surface area contributed by atoms with Gasteiger partial charge in [0.25, 0.3) is 5.91 Å². The number of aromatic nitrogens is 1. The van der Waals surface area contributed by atoms with Crippen LogP contribution in [0.3, 0.4) is 0 Å². The van der Waals surface area contributed by atoms with E-state index in [-0.39, 0.29) is 12.0 Å². The van der Waals surface area contributed by atoms with Gasteiger partial charge in [0.1, 0.15) is 11.9 Å². The summed E-state index contributed by atoms with van der Waals surface area (Å²) in [6.07, 6.45) is 5.18. The van der Waals surface area contributed by atoms with Gasteiger partial charge in [0.15, 0.2) is 0 Å². The number of carbonyl (C=O) groups excluding carboxylic acids is 1. The molecule has 1 fully saturated rings. The van der Waals surface area contributed by atoms with E-state index in [1.165, 1.54) is 0 Å². The van der Waals surface area contributed by atoms with Gasteiger partial charge in [0.05, 0.1) is 18.2 Å². The maximum atomic E-state index is 12.6. The Bertz CT molecular complexity index is 725. The molecule has 0 unspecified atom stereocenters. The van der Waals surface area contributed by atoms with Crippen molar-refractivity contribution in [2.45, 2.75) is 18.9 Å². The van der Waals surface area contributed by atoms with E-state index in [4.69, 9.17) is 10.00 Å². The van der Waals surface area contributed by atoms with Crippen LogP contribution in [0.4, 0.5) is 0 Å². The predicted molar refractivity (Wildman–Crippen MR) is 84.9 cm³/mol. The zero-order chi connectivity index (χ0) is 16.1. The number of nitrogens with zero attached hydrogens (tertiary/aromatic N) is 3. The summed E-state index contributed by atoms with van der Waals surface area (Å²) in [5.41, 5.74) is 1.05. The minimum absolute atomic E-state index is 0.0192. The molecule has 1 aromatic heterocycles. The Labute approximate surface area is 135 Å². The molecule has 1 saturated heterocycles. The van der Waals surface area contributed by atoms with Crippen LogP contribution in [0.25, 0.3) is 0 Å². The van der Waals surface area contributed by atoms with Gasteiger partial charge in [-0.1, -0.05) is 6.07 Å². The van der Waals surface area contributed by atoms with E-state index < -0.39 is 0 Å². The first-order chi connectivity index (χ1) is 11.3. The van der Waals surface area contributed by atoms with Gasteiger partial charge in [-0.3, -0.25) is 9.78 Å². The number of carbonyl (C=O) groups is 1. The topological polar surface area (TPSA) is 66.2 Å². The summed E-state index contributed by atoms with van der Waals surface area (Å²) in [7, 11) is 0. The van der Waals surface area contributed by atoms with Crippen LogP contribution >= 0.6 is 0 Å². The van der Waals surface area contributed by atoms with Gasteiger partial charge in [0, 0.05) is 24.5 Å². The Morgan fingerprint density at radius 3 is 2.91 bits per heavy atom. The van der Waals surface area contributed by atoms with Crippen molar-refractivity contribution in [3.05, 3.63) is 59.9 Å². The highest BCUT2D eigenvalue weighted by atomic mass is 16.5. The Hall–Kier alpha value is -2.87. The number of benzene rings is 1. The molecule has 5 nitrogen and oxygen atoms in total. The van der Waals surface area contributed by atoms with E-state index in [0.717, 1.165) is 18.6 Å². The fourth-order valence-electron chi connectivity index (χ4n) is 2.73. The number of piperidine rings is 1. The highest BCUT2D eigenvalue weighted by molar-refractivity contribution is 5.94. The molecule has 0 radical (unpaired) electrons. The first kappa shape index (κ1) is 15.0. The third-order valence-corrected chi connectivity index (χ3v) is 3.86. The van der Waals surface area contributed by atoms with Crippen molar-refractivity contribution < 1.29 is 9.53 Å². The molecule has 1 aliphatic heterocycles. The summed E-state index contributed by atoms with van der Waals surface area (Å²) in [4.78, 5) is 18.4. The third-order valence-electron chi connectivity index (χ3n) is 3.86. The molecule has 116 valence electrons. The van der Waals surface area contributed by atoms with E-state index in [1.54, 1.807) is 41.6 Å². The third kappa shape index (κ3) is 3.67. The fraction of sp³-hybridized carbons (Fsp3) is 0.278. The lowest BCUT2D eigenvalue weighted by Crippen LogP contribution is -2.44. The molecule has 3 rings (SSSR count).